The molecule has 3 aromatic heterocycles. The molecule has 0 saturated carbocycles. The molecule has 15 aromatic carbocycles. The summed E-state index contributed by atoms with van der Waals surface area (Å²) in [6.45, 7) is 23.0. The molecule has 0 aliphatic carbocycles. The van der Waals surface area contributed by atoms with Gasteiger partial charge in [-0.15, -0.1) is 0 Å². The minimum absolute atomic E-state index is 0.496. The second-order valence-corrected chi connectivity index (χ2v) is 44.3. The molecule has 10 heteroatoms. The zero-order chi connectivity index (χ0) is 77.4. The highest BCUT2D eigenvalue weighted by Crippen LogP contribution is 2.50. The molecular formula is C103H85N6OPSi2. The van der Waals surface area contributed by atoms with Gasteiger partial charge in [0.15, 0.2) is 0 Å². The molecule has 113 heavy (non-hydrogen) atoms. The van der Waals surface area contributed by atoms with Gasteiger partial charge in [0.05, 0.1) is 62.1 Å². The van der Waals surface area contributed by atoms with Crippen molar-refractivity contribution in [1.82, 2.24) is 29.9 Å². The van der Waals surface area contributed by atoms with E-state index >= 15 is 0 Å². The highest BCUT2D eigenvalue weighted by molar-refractivity contribution is 7.79. The van der Waals surface area contributed by atoms with Gasteiger partial charge >= 0.3 is 0 Å². The Labute approximate surface area is 664 Å². The van der Waals surface area contributed by atoms with Gasteiger partial charge in [0.2, 0.25) is 0 Å². The molecule has 7 nitrogen and oxygen atoms in total. The second-order valence-electron chi connectivity index (χ2n) is 32.0. The molecule has 0 atom stereocenters. The molecule has 0 fully saturated rings. The van der Waals surface area contributed by atoms with Gasteiger partial charge in [-0.05, 0) is 116 Å². The monoisotopic (exact) mass is 1510 g/mol. The van der Waals surface area contributed by atoms with E-state index < -0.39 is 24.1 Å². The molecule has 0 unspecified atom stereocenters. The van der Waals surface area contributed by atoms with Crippen LogP contribution in [-0.2, 0) is 0 Å². The van der Waals surface area contributed by atoms with Crippen molar-refractivity contribution < 1.29 is 4.74 Å². The van der Waals surface area contributed by atoms with Crippen molar-refractivity contribution in [3.05, 3.63) is 338 Å². The zero-order valence-electron chi connectivity index (χ0n) is 65.6. The van der Waals surface area contributed by atoms with Crippen molar-refractivity contribution in [2.45, 2.75) is 67.0 Å². The Morgan fingerprint density at radius 2 is 0.575 bits per heavy atom. The van der Waals surface area contributed by atoms with Gasteiger partial charge in [0.1, 0.15) is 34.0 Å². The fraction of sp³-hybridized carbons (Fsp3) is 0.107. The van der Waals surface area contributed by atoms with Gasteiger partial charge in [0.25, 0.3) is 0 Å². The first-order chi connectivity index (χ1) is 54.9. The molecule has 0 amide bonds. The Kier molecular flexibility index (Phi) is 18.7. The molecule has 0 saturated heterocycles. The van der Waals surface area contributed by atoms with E-state index in [1.54, 1.807) is 7.11 Å². The normalized spacial score (nSPS) is 11.9. The lowest BCUT2D eigenvalue weighted by molar-refractivity contribution is 0.415. The molecular weight excluding hydrogens is 1420 g/mol. The number of nitrogens with zero attached hydrogens (tertiary/aromatic N) is 6. The number of ether oxygens (including phenoxy) is 1. The van der Waals surface area contributed by atoms with Gasteiger partial charge in [-0.25, -0.2) is 29.9 Å². The van der Waals surface area contributed by atoms with Crippen LogP contribution in [0, 0.1) is 27.7 Å². The average Bonchev–Trinajstić information content (AvgIpc) is 0.715. The maximum absolute atomic E-state index is 6.47. The summed E-state index contributed by atoms with van der Waals surface area (Å²) in [6.07, 6.45) is 0. The number of hydrogen-bond acceptors (Lipinski definition) is 7. The quantitative estimate of drug-likeness (QED) is 0.0704. The Balaban J connectivity index is 1.08. The van der Waals surface area contributed by atoms with Crippen LogP contribution in [0.15, 0.2) is 315 Å². The smallest absolute Gasteiger partial charge is 0.120 e. The number of hydrogen-bond donors (Lipinski definition) is 0. The van der Waals surface area contributed by atoms with E-state index in [4.69, 9.17) is 34.6 Å². The van der Waals surface area contributed by atoms with Crippen LogP contribution in [0.1, 0.15) is 22.3 Å². The van der Waals surface area contributed by atoms with Gasteiger partial charge in [-0.3, -0.25) is 0 Å². The number of methoxy groups -OCH3 is 1. The van der Waals surface area contributed by atoms with Crippen molar-refractivity contribution >= 4 is 105 Å². The van der Waals surface area contributed by atoms with Gasteiger partial charge in [-0.1, -0.05) is 375 Å². The first-order valence-electron chi connectivity index (χ1n) is 38.9. The van der Waals surface area contributed by atoms with E-state index in [2.05, 4.69) is 376 Å². The molecule has 0 spiro atoms. The molecule has 0 radical (unpaired) electrons. The number of aryl methyl sites for hydroxylation is 4. The van der Waals surface area contributed by atoms with E-state index in [1.807, 2.05) is 6.07 Å². The minimum atomic E-state index is -1.74. The molecule has 0 bridgehead atoms. The third-order valence-corrected chi connectivity index (χ3v) is 28.8. The Bertz CT molecular complexity index is 6690. The van der Waals surface area contributed by atoms with Crippen LogP contribution in [0.5, 0.6) is 5.75 Å². The van der Waals surface area contributed by atoms with E-state index in [0.717, 1.165) is 166 Å². The summed E-state index contributed by atoms with van der Waals surface area (Å²) < 4.78 is 6.10. The molecule has 18 aromatic rings. The number of fused-ring (bicyclic) bond motifs is 5. The van der Waals surface area contributed by atoms with E-state index in [1.165, 1.54) is 10.4 Å². The summed E-state index contributed by atoms with van der Waals surface area (Å²) >= 11 is 0. The van der Waals surface area contributed by atoms with E-state index in [-0.39, 0.29) is 0 Å². The van der Waals surface area contributed by atoms with Crippen LogP contribution in [-0.4, -0.2) is 53.2 Å². The zero-order valence-corrected chi connectivity index (χ0v) is 68.5. The summed E-state index contributed by atoms with van der Waals surface area (Å²) in [7, 11) is -3.30. The Hall–Kier alpha value is -12.5. The fourth-order valence-corrected chi connectivity index (χ4v) is 20.6. The van der Waals surface area contributed by atoms with Gasteiger partial charge in [-0.2, -0.15) is 0 Å². The van der Waals surface area contributed by atoms with Crippen molar-refractivity contribution in [3.8, 4) is 118 Å². The van der Waals surface area contributed by atoms with Crippen LogP contribution in [0.2, 0.25) is 39.3 Å². The Morgan fingerprint density at radius 3 is 0.982 bits per heavy atom. The van der Waals surface area contributed by atoms with Crippen molar-refractivity contribution in [2.24, 2.45) is 0 Å². The lowest BCUT2D eigenvalue weighted by Crippen LogP contribution is -2.37. The summed E-state index contributed by atoms with van der Waals surface area (Å²) in [5, 5.41) is 9.18. The van der Waals surface area contributed by atoms with Crippen LogP contribution >= 0.6 is 7.92 Å². The highest BCUT2D eigenvalue weighted by Gasteiger charge is 2.34. The minimum Gasteiger partial charge on any atom is -0.497 e. The number of benzene rings is 15. The SMILES string of the molecule is COc1ccc2cccc(-c3c(-c4nc5c(-c6ccc(C)cc6)ccc(-c6ccc(C)cc6)c5nc4-c4nc5c(-c6ccc(C)cc6)ccc(-c6ccc(C)cc6)c5nc4-c4nc5c(-c6ccc([Si](C)(C)C)cc6)ccc(-c6ccc([Si](C)(C)C)cc6)c5nc4P(c4ccccc4)c4ccccc4)ccc4ccccc34)c2c1. The topological polar surface area (TPSA) is 86.6 Å². The molecule has 18 rings (SSSR count). The van der Waals surface area contributed by atoms with Crippen LogP contribution in [0.4, 0.5) is 0 Å². The van der Waals surface area contributed by atoms with Crippen LogP contribution < -0.4 is 31.2 Å². The summed E-state index contributed by atoms with van der Waals surface area (Å²) in [4.78, 5) is 38.6. The first-order valence-corrected chi connectivity index (χ1v) is 47.3. The van der Waals surface area contributed by atoms with Crippen LogP contribution in [0.25, 0.3) is 167 Å². The predicted molar refractivity (Wildman–Crippen MR) is 485 cm³/mol. The van der Waals surface area contributed by atoms with Crippen LogP contribution in [0.3, 0.4) is 0 Å². The average molecular weight is 1510 g/mol. The maximum Gasteiger partial charge on any atom is 0.120 e. The fourth-order valence-electron chi connectivity index (χ4n) is 15.9. The largest absolute Gasteiger partial charge is 0.497 e. The lowest BCUT2D eigenvalue weighted by atomic mass is 9.87. The molecule has 0 aliphatic rings. The Morgan fingerprint density at radius 1 is 0.257 bits per heavy atom. The number of aromatic nitrogens is 6. The highest BCUT2D eigenvalue weighted by atomic mass is 31.1. The van der Waals surface area contributed by atoms with Gasteiger partial charge in [0, 0.05) is 46.9 Å². The first kappa shape index (κ1) is 72.1. The van der Waals surface area contributed by atoms with E-state index in [0.29, 0.717) is 45.0 Å². The molecule has 546 valence electrons. The van der Waals surface area contributed by atoms with Crippen molar-refractivity contribution in [3.63, 3.8) is 0 Å². The molecule has 3 heterocycles. The van der Waals surface area contributed by atoms with Gasteiger partial charge < -0.3 is 4.74 Å². The maximum atomic E-state index is 6.47. The second kappa shape index (κ2) is 29.3. The van der Waals surface area contributed by atoms with Crippen molar-refractivity contribution in [1.29, 1.82) is 0 Å². The summed E-state index contributed by atoms with van der Waals surface area (Å²) in [6, 6.07) is 115. The molecule has 0 aliphatic heterocycles. The third kappa shape index (κ3) is 13.6. The summed E-state index contributed by atoms with van der Waals surface area (Å²) in [5.74, 6) is 0.756. The van der Waals surface area contributed by atoms with E-state index in [9.17, 15) is 0 Å². The number of rotatable bonds is 16. The summed E-state index contributed by atoms with van der Waals surface area (Å²) in [5.41, 5.74) is 27.1. The lowest BCUT2D eigenvalue weighted by Gasteiger charge is -2.24. The predicted octanol–water partition coefficient (Wildman–Crippen LogP) is 24.6. The molecule has 0 N–H and O–H groups in total. The standard InChI is InChI=1S/C103H85N6OPSi2/c1-64-29-37-70(38-30-64)82-57-58-83(71-39-31-65(2)32-40-71)93-92(82)104-98(89-56-50-68-21-18-19-27-81(68)91(89)88-28-20-22-69-45-51-76(110-5)63-90(69)88)99(105-93)100-101(107-95-85(73-43-35-67(4)36-44-73)60-59-84(94(95)106-100)72-41-33-66(3)34-42-72)102-103(111(77-23-14-12-15-24-77)78-25-16-13-17-26-78)109-97-87(75-48-54-80(55-49-75)113(9,10)11)62-61-86(96(97)108-102)74-46-52-79(53-47-74)112(6,7)8/h12-63H,1-11H3. The third-order valence-electron chi connectivity index (χ3n) is 22.3. The van der Waals surface area contributed by atoms with Crippen molar-refractivity contribution in [2.75, 3.05) is 7.11 Å².